The van der Waals surface area contributed by atoms with Gasteiger partial charge in [0, 0.05) is 0 Å². The van der Waals surface area contributed by atoms with E-state index >= 15 is 0 Å². The van der Waals surface area contributed by atoms with Crippen LogP contribution in [0.25, 0.3) is 0 Å². The predicted octanol–water partition coefficient (Wildman–Crippen LogP) is 3.91. The number of esters is 1. The largest absolute Gasteiger partial charge is 0.465 e. The average Bonchev–Trinajstić information content (AvgIpc) is 2.53. The number of benzene rings is 2. The zero-order chi connectivity index (χ0) is 18.8. The number of hydrogen-bond donors (Lipinski definition) is 0. The van der Waals surface area contributed by atoms with Gasteiger partial charge in [0.2, 0.25) is 0 Å². The molecule has 134 valence electrons. The molecule has 0 N–H and O–H groups in total. The first-order valence-corrected chi connectivity index (χ1v) is 8.33. The van der Waals surface area contributed by atoms with E-state index in [9.17, 15) is 26.4 Å². The number of ether oxygens (including phenoxy) is 1. The minimum absolute atomic E-state index is 0.00494. The summed E-state index contributed by atoms with van der Waals surface area (Å²) >= 11 is 5.70. The van der Waals surface area contributed by atoms with Crippen molar-refractivity contribution in [2.24, 2.45) is 0 Å². The second kappa shape index (κ2) is 6.93. The Hall–Kier alpha value is -2.26. The summed E-state index contributed by atoms with van der Waals surface area (Å²) in [5.74, 6) is -1.02. The molecule has 25 heavy (non-hydrogen) atoms. The van der Waals surface area contributed by atoms with Crippen LogP contribution in [0.2, 0.25) is 5.02 Å². The van der Waals surface area contributed by atoms with E-state index in [1.54, 1.807) is 0 Å². The number of hydrogen-bond acceptors (Lipinski definition) is 5. The van der Waals surface area contributed by atoms with Crippen LogP contribution in [0.5, 0.6) is 5.75 Å². The van der Waals surface area contributed by atoms with Gasteiger partial charge in [-0.1, -0.05) is 17.7 Å². The second-order valence-corrected chi connectivity index (χ2v) is 6.62. The molecule has 0 saturated heterocycles. The fraction of sp³-hybridized carbons (Fsp3) is 0.133. The Bertz CT molecular complexity index is 910. The number of carbonyl (C=O) groups is 1. The van der Waals surface area contributed by atoms with E-state index in [1.807, 2.05) is 0 Å². The molecule has 0 aliphatic rings. The van der Waals surface area contributed by atoms with Crippen molar-refractivity contribution >= 4 is 27.7 Å². The van der Waals surface area contributed by atoms with Crippen LogP contribution in [0.1, 0.15) is 15.9 Å². The second-order valence-electron chi connectivity index (χ2n) is 4.70. The molecular weight excluding hydrogens is 385 g/mol. The smallest absolute Gasteiger partial charge is 0.416 e. The summed E-state index contributed by atoms with van der Waals surface area (Å²) in [5, 5.41) is -0.433. The molecule has 0 spiro atoms. The third kappa shape index (κ3) is 4.43. The molecule has 2 aromatic rings. The SMILES string of the molecule is COC(=O)c1cccc(OS(=O)(=O)c2cc(C(F)(F)F)ccc2Cl)c1. The van der Waals surface area contributed by atoms with Gasteiger partial charge in [0.25, 0.3) is 0 Å². The number of rotatable bonds is 4. The first kappa shape index (κ1) is 19.1. The molecule has 0 aliphatic heterocycles. The molecule has 2 rings (SSSR count). The molecule has 2 aromatic carbocycles. The van der Waals surface area contributed by atoms with Crippen LogP contribution < -0.4 is 4.18 Å². The van der Waals surface area contributed by atoms with Crippen molar-refractivity contribution in [2.45, 2.75) is 11.1 Å². The lowest BCUT2D eigenvalue weighted by Gasteiger charge is -2.12. The first-order valence-electron chi connectivity index (χ1n) is 6.54. The third-order valence-electron chi connectivity index (χ3n) is 2.99. The fourth-order valence-electron chi connectivity index (χ4n) is 1.84. The van der Waals surface area contributed by atoms with Crippen molar-refractivity contribution < 1.29 is 35.3 Å². The lowest BCUT2D eigenvalue weighted by Crippen LogP contribution is -2.13. The summed E-state index contributed by atoms with van der Waals surface area (Å²) in [4.78, 5) is 10.6. The van der Waals surface area contributed by atoms with Crippen LogP contribution in [-0.2, 0) is 21.0 Å². The lowest BCUT2D eigenvalue weighted by atomic mass is 10.2. The van der Waals surface area contributed by atoms with Crippen molar-refractivity contribution in [3.05, 3.63) is 58.6 Å². The van der Waals surface area contributed by atoms with Gasteiger partial charge in [-0.2, -0.15) is 21.6 Å². The Labute approximate surface area is 146 Å². The van der Waals surface area contributed by atoms with Crippen molar-refractivity contribution in [1.29, 1.82) is 0 Å². The molecular formula is C15H10ClF3O5S. The van der Waals surface area contributed by atoms with E-state index in [4.69, 9.17) is 15.8 Å². The highest BCUT2D eigenvalue weighted by atomic mass is 35.5. The molecule has 0 aromatic heterocycles. The van der Waals surface area contributed by atoms with Gasteiger partial charge in [0.15, 0.2) is 0 Å². The summed E-state index contributed by atoms with van der Waals surface area (Å²) < 4.78 is 72.1. The topological polar surface area (TPSA) is 69.7 Å². The molecule has 0 heterocycles. The average molecular weight is 395 g/mol. The zero-order valence-corrected chi connectivity index (χ0v) is 14.1. The van der Waals surface area contributed by atoms with Gasteiger partial charge in [0.05, 0.1) is 23.3 Å². The number of carbonyl (C=O) groups excluding carboxylic acids is 1. The van der Waals surface area contributed by atoms with Gasteiger partial charge in [-0.25, -0.2) is 4.79 Å². The van der Waals surface area contributed by atoms with Gasteiger partial charge in [-0.3, -0.25) is 0 Å². The van der Waals surface area contributed by atoms with E-state index in [1.165, 1.54) is 18.2 Å². The number of methoxy groups -OCH3 is 1. The summed E-state index contributed by atoms with van der Waals surface area (Å²) in [6, 6.07) is 6.80. The molecule has 10 heteroatoms. The zero-order valence-electron chi connectivity index (χ0n) is 12.5. The van der Waals surface area contributed by atoms with E-state index in [2.05, 4.69) is 4.74 Å². The highest BCUT2D eigenvalue weighted by molar-refractivity contribution is 7.87. The summed E-state index contributed by atoms with van der Waals surface area (Å²) in [6.07, 6.45) is -4.75. The Morgan fingerprint density at radius 1 is 1.12 bits per heavy atom. The lowest BCUT2D eigenvalue weighted by molar-refractivity contribution is -0.137. The summed E-state index contributed by atoms with van der Waals surface area (Å²) in [7, 11) is -3.53. The highest BCUT2D eigenvalue weighted by Crippen LogP contribution is 2.34. The molecule has 0 bridgehead atoms. The predicted molar refractivity (Wildman–Crippen MR) is 82.0 cm³/mol. The van der Waals surface area contributed by atoms with Gasteiger partial charge in [0.1, 0.15) is 10.6 Å². The van der Waals surface area contributed by atoms with Crippen LogP contribution in [0.15, 0.2) is 47.4 Å². The first-order chi connectivity index (χ1) is 11.5. The Morgan fingerprint density at radius 3 is 2.40 bits per heavy atom. The molecule has 5 nitrogen and oxygen atoms in total. The standard InChI is InChI=1S/C15H10ClF3O5S/c1-23-14(20)9-3-2-4-11(7-9)24-25(21,22)13-8-10(15(17,18)19)5-6-12(13)16/h2-8H,1H3. The third-order valence-corrected chi connectivity index (χ3v) is 4.72. The number of alkyl halides is 3. The molecule has 0 aliphatic carbocycles. The molecule has 0 amide bonds. The molecule has 0 atom stereocenters. The maximum atomic E-state index is 12.8. The van der Waals surface area contributed by atoms with E-state index in [0.29, 0.717) is 12.1 Å². The molecule has 0 saturated carbocycles. The van der Waals surface area contributed by atoms with Crippen molar-refractivity contribution in [2.75, 3.05) is 7.11 Å². The maximum absolute atomic E-state index is 12.8. The van der Waals surface area contributed by atoms with Gasteiger partial charge in [-0.05, 0) is 36.4 Å². The minimum atomic E-state index is -4.75. The number of halogens is 4. The van der Waals surface area contributed by atoms with E-state index in [0.717, 1.165) is 19.2 Å². The van der Waals surface area contributed by atoms with Gasteiger partial charge < -0.3 is 8.92 Å². The minimum Gasteiger partial charge on any atom is -0.465 e. The molecule has 0 radical (unpaired) electrons. The summed E-state index contributed by atoms with van der Waals surface area (Å²) in [6.45, 7) is 0. The van der Waals surface area contributed by atoms with Crippen LogP contribution in [0.4, 0.5) is 13.2 Å². The Balaban J connectivity index is 2.42. The van der Waals surface area contributed by atoms with E-state index in [-0.39, 0.29) is 11.3 Å². The van der Waals surface area contributed by atoms with Crippen molar-refractivity contribution in [3.8, 4) is 5.75 Å². The van der Waals surface area contributed by atoms with Crippen LogP contribution in [0, 0.1) is 0 Å². The van der Waals surface area contributed by atoms with Crippen molar-refractivity contribution in [1.82, 2.24) is 0 Å². The maximum Gasteiger partial charge on any atom is 0.416 e. The van der Waals surface area contributed by atoms with E-state index < -0.39 is 37.7 Å². The molecule has 0 unspecified atom stereocenters. The summed E-state index contributed by atoms with van der Waals surface area (Å²) in [5.41, 5.74) is -1.19. The Morgan fingerprint density at radius 2 is 1.80 bits per heavy atom. The fourth-order valence-corrected chi connectivity index (χ4v) is 3.26. The van der Waals surface area contributed by atoms with Crippen LogP contribution in [-0.4, -0.2) is 21.5 Å². The van der Waals surface area contributed by atoms with Gasteiger partial charge >= 0.3 is 22.3 Å². The Kier molecular flexibility index (Phi) is 5.28. The quantitative estimate of drug-likeness (QED) is 0.581. The van der Waals surface area contributed by atoms with Gasteiger partial charge in [-0.15, -0.1) is 0 Å². The monoisotopic (exact) mass is 394 g/mol. The normalized spacial score (nSPS) is 11.9. The van der Waals surface area contributed by atoms with Crippen LogP contribution >= 0.6 is 11.6 Å². The molecule has 0 fully saturated rings. The van der Waals surface area contributed by atoms with Crippen LogP contribution in [0.3, 0.4) is 0 Å². The van der Waals surface area contributed by atoms with Crippen molar-refractivity contribution in [3.63, 3.8) is 0 Å². The highest BCUT2D eigenvalue weighted by Gasteiger charge is 2.33.